The number of hydrogen-bond donors (Lipinski definition) is 2. The lowest BCUT2D eigenvalue weighted by molar-refractivity contribution is -0.117. The van der Waals surface area contributed by atoms with Crippen LogP contribution in [0.25, 0.3) is 0 Å². The van der Waals surface area contributed by atoms with E-state index >= 15 is 0 Å². The fourth-order valence-electron chi connectivity index (χ4n) is 5.72. The topological polar surface area (TPSA) is 71.5 Å². The summed E-state index contributed by atoms with van der Waals surface area (Å²) in [4.78, 5) is 11.4. The zero-order chi connectivity index (χ0) is 23.8. The van der Waals surface area contributed by atoms with Crippen LogP contribution in [0.15, 0.2) is 24.5 Å². The lowest BCUT2D eigenvalue weighted by Gasteiger charge is -2.39. The van der Waals surface area contributed by atoms with Crippen LogP contribution in [0.1, 0.15) is 61.6 Å². The maximum Gasteiger partial charge on any atom is 0.128 e. The van der Waals surface area contributed by atoms with Crippen molar-refractivity contribution >= 4 is 29.0 Å². The van der Waals surface area contributed by atoms with E-state index in [0.29, 0.717) is 22.0 Å². The Hall–Kier alpha value is -1.48. The van der Waals surface area contributed by atoms with Crippen molar-refractivity contribution in [3.05, 3.63) is 51.4 Å². The quantitative estimate of drug-likeness (QED) is 0.584. The highest BCUT2D eigenvalue weighted by atomic mass is 35.5. The highest BCUT2D eigenvalue weighted by Crippen LogP contribution is 2.42. The molecule has 0 amide bonds. The maximum absolute atomic E-state index is 6.58. The molecule has 4 heterocycles. The third kappa shape index (κ3) is 4.66. The molecule has 6 atom stereocenters. The van der Waals surface area contributed by atoms with E-state index in [0.717, 1.165) is 43.0 Å². The third-order valence-electron chi connectivity index (χ3n) is 7.61. The average molecular weight is 506 g/mol. The number of anilines is 1. The van der Waals surface area contributed by atoms with Gasteiger partial charge in [0, 0.05) is 44.2 Å². The average Bonchev–Trinajstić information content (AvgIpc) is 3.51. The lowest BCUT2D eigenvalue weighted by atomic mass is 9.77. The Balaban J connectivity index is 1.32. The van der Waals surface area contributed by atoms with Crippen molar-refractivity contribution in [3.8, 4) is 0 Å². The van der Waals surface area contributed by atoms with Crippen LogP contribution in [0.4, 0.5) is 5.82 Å². The maximum atomic E-state index is 6.58. The number of aromatic nitrogens is 2. The zero-order valence-corrected chi connectivity index (χ0v) is 21.4. The predicted molar refractivity (Wildman–Crippen MR) is 134 cm³/mol. The van der Waals surface area contributed by atoms with E-state index < -0.39 is 0 Å². The van der Waals surface area contributed by atoms with Crippen LogP contribution in [0.3, 0.4) is 0 Å². The Morgan fingerprint density at radius 3 is 2.56 bits per heavy atom. The first kappa shape index (κ1) is 24.2. The van der Waals surface area contributed by atoms with Crippen molar-refractivity contribution < 1.29 is 9.47 Å². The summed E-state index contributed by atoms with van der Waals surface area (Å²) in [6, 6.07) is 4.84. The SMILES string of the molecule is COC1CC2NNC(c3ccc(N4CCCC4)nc3)C2CC1O[C@H](C)c1c(Cl)cnc(C)c1Cl. The molecule has 184 valence electrons. The Morgan fingerprint density at radius 2 is 1.85 bits per heavy atom. The summed E-state index contributed by atoms with van der Waals surface area (Å²) in [5.41, 5.74) is 9.74. The molecule has 0 spiro atoms. The van der Waals surface area contributed by atoms with Crippen LogP contribution in [0.5, 0.6) is 0 Å². The second-order valence-corrected chi connectivity index (χ2v) is 10.4. The highest BCUT2D eigenvalue weighted by Gasteiger charge is 2.46. The highest BCUT2D eigenvalue weighted by molar-refractivity contribution is 6.36. The van der Waals surface area contributed by atoms with Gasteiger partial charge in [0.2, 0.25) is 0 Å². The number of ether oxygens (including phenoxy) is 2. The lowest BCUT2D eigenvalue weighted by Crippen LogP contribution is -2.47. The number of fused-ring (bicyclic) bond motifs is 1. The Kier molecular flexibility index (Phi) is 7.30. The van der Waals surface area contributed by atoms with Crippen molar-refractivity contribution in [2.75, 3.05) is 25.1 Å². The first-order chi connectivity index (χ1) is 16.5. The van der Waals surface area contributed by atoms with E-state index in [1.165, 1.54) is 18.4 Å². The number of rotatable bonds is 6. The van der Waals surface area contributed by atoms with Gasteiger partial charge in [0.05, 0.1) is 40.1 Å². The van der Waals surface area contributed by atoms with Crippen LogP contribution in [0, 0.1) is 12.8 Å². The molecular weight excluding hydrogens is 473 g/mol. The molecule has 2 saturated heterocycles. The number of nitrogens with zero attached hydrogens (tertiary/aromatic N) is 3. The molecule has 0 bridgehead atoms. The number of pyridine rings is 2. The first-order valence-electron chi connectivity index (χ1n) is 12.2. The molecule has 1 aliphatic carbocycles. The fourth-order valence-corrected chi connectivity index (χ4v) is 6.37. The summed E-state index contributed by atoms with van der Waals surface area (Å²) in [5.74, 6) is 1.43. The summed E-state index contributed by atoms with van der Waals surface area (Å²) in [6.45, 7) is 6.07. The summed E-state index contributed by atoms with van der Waals surface area (Å²) < 4.78 is 12.4. The van der Waals surface area contributed by atoms with Crippen LogP contribution >= 0.6 is 23.2 Å². The number of nitrogens with one attached hydrogen (secondary N) is 2. The van der Waals surface area contributed by atoms with E-state index in [1.54, 1.807) is 13.3 Å². The largest absolute Gasteiger partial charge is 0.379 e. The monoisotopic (exact) mass is 505 g/mol. The van der Waals surface area contributed by atoms with E-state index in [2.05, 4.69) is 32.9 Å². The van der Waals surface area contributed by atoms with E-state index in [4.69, 9.17) is 37.7 Å². The van der Waals surface area contributed by atoms with E-state index in [9.17, 15) is 0 Å². The number of hydrogen-bond acceptors (Lipinski definition) is 7. The molecule has 3 aliphatic rings. The molecule has 9 heteroatoms. The minimum Gasteiger partial charge on any atom is -0.379 e. The number of hydrazine groups is 1. The molecular formula is C25H33Cl2N5O2. The molecule has 34 heavy (non-hydrogen) atoms. The molecule has 2 N–H and O–H groups in total. The van der Waals surface area contributed by atoms with Crippen LogP contribution < -0.4 is 15.8 Å². The van der Waals surface area contributed by atoms with Gasteiger partial charge in [-0.2, -0.15) is 0 Å². The van der Waals surface area contributed by atoms with E-state index in [-0.39, 0.29) is 24.4 Å². The van der Waals surface area contributed by atoms with Gasteiger partial charge in [0.15, 0.2) is 0 Å². The molecule has 3 fully saturated rings. The fraction of sp³-hybridized carbons (Fsp3) is 0.600. The Bertz CT molecular complexity index is 1000. The second-order valence-electron chi connectivity index (χ2n) is 9.66. The molecule has 2 aromatic heterocycles. The van der Waals surface area contributed by atoms with Gasteiger partial charge in [-0.15, -0.1) is 0 Å². The number of halogens is 2. The standard InChI is InChI=1S/C25H33Cl2N5O2/c1-14-24(27)23(18(26)13-28-14)15(2)34-21-10-17-19(11-20(21)33-3)30-31-25(17)16-6-7-22(29-12-16)32-8-4-5-9-32/h6-7,12-13,15,17,19-21,25,30-31H,4-5,8-11H2,1-3H3/t15-,17?,19?,20?,21?,25?/m1/s1. The smallest absolute Gasteiger partial charge is 0.128 e. The van der Waals surface area contributed by atoms with E-state index in [1.807, 2.05) is 20.0 Å². The van der Waals surface area contributed by atoms with Gasteiger partial charge in [-0.1, -0.05) is 29.3 Å². The molecule has 5 rings (SSSR count). The second kappa shape index (κ2) is 10.2. The molecule has 2 aromatic rings. The van der Waals surface area contributed by atoms with Gasteiger partial charge in [0.25, 0.3) is 0 Å². The summed E-state index contributed by atoms with van der Waals surface area (Å²) in [5, 5.41) is 1.09. The Labute approximate surface area is 211 Å². The van der Waals surface area contributed by atoms with Crippen molar-refractivity contribution in [2.24, 2.45) is 5.92 Å². The first-order valence-corrected chi connectivity index (χ1v) is 12.9. The summed E-state index contributed by atoms with van der Waals surface area (Å²) in [7, 11) is 1.75. The normalized spacial score (nSPS) is 29.9. The van der Waals surface area contributed by atoms with Gasteiger partial charge < -0.3 is 14.4 Å². The molecule has 0 aromatic carbocycles. The van der Waals surface area contributed by atoms with Crippen molar-refractivity contribution in [2.45, 2.75) is 69.9 Å². The van der Waals surface area contributed by atoms with Crippen LogP contribution in [-0.2, 0) is 9.47 Å². The van der Waals surface area contributed by atoms with Gasteiger partial charge >= 0.3 is 0 Å². The molecule has 0 radical (unpaired) electrons. The minimum absolute atomic E-state index is 0.0205. The van der Waals surface area contributed by atoms with Gasteiger partial charge in [-0.05, 0) is 57.1 Å². The van der Waals surface area contributed by atoms with Crippen molar-refractivity contribution in [3.63, 3.8) is 0 Å². The molecule has 1 saturated carbocycles. The summed E-state index contributed by atoms with van der Waals surface area (Å²) in [6.07, 6.45) is 7.49. The number of aryl methyl sites for hydroxylation is 1. The number of methoxy groups -OCH3 is 1. The minimum atomic E-state index is -0.275. The predicted octanol–water partition coefficient (Wildman–Crippen LogP) is 4.78. The van der Waals surface area contributed by atoms with Crippen molar-refractivity contribution in [1.29, 1.82) is 0 Å². The molecule has 2 aliphatic heterocycles. The third-order valence-corrected chi connectivity index (χ3v) is 8.38. The zero-order valence-electron chi connectivity index (χ0n) is 19.9. The van der Waals surface area contributed by atoms with Gasteiger partial charge in [-0.3, -0.25) is 10.4 Å². The van der Waals surface area contributed by atoms with Crippen LogP contribution in [-0.4, -0.2) is 48.4 Å². The van der Waals surface area contributed by atoms with Crippen LogP contribution in [0.2, 0.25) is 10.0 Å². The molecule has 7 nitrogen and oxygen atoms in total. The Morgan fingerprint density at radius 1 is 1.06 bits per heavy atom. The molecule has 5 unspecified atom stereocenters. The summed E-state index contributed by atoms with van der Waals surface area (Å²) >= 11 is 13.0. The van der Waals surface area contributed by atoms with Gasteiger partial charge in [0.1, 0.15) is 5.82 Å². The van der Waals surface area contributed by atoms with Crippen molar-refractivity contribution in [1.82, 2.24) is 20.8 Å². The van der Waals surface area contributed by atoms with Gasteiger partial charge in [-0.25, -0.2) is 10.4 Å².